The summed E-state index contributed by atoms with van der Waals surface area (Å²) in [5.41, 5.74) is 23.0. The Labute approximate surface area is 563 Å². The van der Waals surface area contributed by atoms with Crippen molar-refractivity contribution in [3.63, 3.8) is 0 Å². The number of aromatic carboxylic acids is 2. The monoisotopic (exact) mass is 1290 g/mol. The zero-order valence-electron chi connectivity index (χ0n) is 55.1. The average Bonchev–Trinajstić information content (AvgIpc) is 1.61. The van der Waals surface area contributed by atoms with E-state index in [1.807, 2.05) is 72.8 Å². The first-order valence-electron chi connectivity index (χ1n) is 32.0. The third-order valence-electron chi connectivity index (χ3n) is 17.6. The van der Waals surface area contributed by atoms with E-state index in [1.165, 1.54) is 0 Å². The lowest BCUT2D eigenvalue weighted by atomic mass is 9.98. The number of nitrogens with zero attached hydrogens (tertiary/aromatic N) is 8. The normalized spacial score (nSPS) is 10.9. The van der Waals surface area contributed by atoms with E-state index in [2.05, 4.69) is 206 Å². The Bertz CT molecular complexity index is 4760. The van der Waals surface area contributed by atoms with Crippen LogP contribution in [0.1, 0.15) is 81.3 Å². The molecule has 0 aliphatic heterocycles. The molecule has 14 rings (SSSR count). The molecule has 14 aromatic rings. The molecule has 10 aromatic carbocycles. The number of hydrogen-bond donors (Lipinski definition) is 2. The van der Waals surface area contributed by atoms with Gasteiger partial charge >= 0.3 is 11.9 Å². The van der Waals surface area contributed by atoms with Gasteiger partial charge in [-0.3, -0.25) is 0 Å². The van der Waals surface area contributed by atoms with Gasteiger partial charge in [0.15, 0.2) is 0 Å². The maximum absolute atomic E-state index is 11.8. The van der Waals surface area contributed by atoms with Gasteiger partial charge in [0.1, 0.15) is 23.3 Å². The first-order valence-corrected chi connectivity index (χ1v) is 32.0. The Kier molecular flexibility index (Phi) is 20.9. The van der Waals surface area contributed by atoms with Crippen LogP contribution in [0.4, 0.5) is 0 Å². The smallest absolute Gasteiger partial charge is 0.336 e. The van der Waals surface area contributed by atoms with E-state index in [0.717, 1.165) is 161 Å². The first-order chi connectivity index (χ1) is 45.8. The highest BCUT2D eigenvalue weighted by molar-refractivity contribution is 5.97. The van der Waals surface area contributed by atoms with Crippen molar-refractivity contribution >= 4 is 34.0 Å². The molecule has 0 amide bonds. The number of fused-ring (bicyclic) bond motifs is 2. The molecule has 0 spiro atoms. The lowest BCUT2D eigenvalue weighted by Crippen LogP contribution is -2.05. The molecule has 4 aromatic heterocycles. The van der Waals surface area contributed by atoms with Crippen LogP contribution in [0.25, 0.3) is 112 Å². The zero-order chi connectivity index (χ0) is 65.0. The molecule has 488 valence electrons. The topological polar surface area (TPSA) is 240 Å². The Balaban J connectivity index is 0.000000204. The van der Waals surface area contributed by atoms with Gasteiger partial charge in [0.2, 0.25) is 0 Å². The van der Waals surface area contributed by atoms with Gasteiger partial charge in [0, 0.05) is 73.4 Å². The molecule has 0 radical (unpaired) electrons. The third-order valence-corrected chi connectivity index (χ3v) is 17.6. The van der Waals surface area contributed by atoms with Crippen molar-refractivity contribution < 1.29 is 36.2 Å². The van der Waals surface area contributed by atoms with Crippen LogP contribution in [-0.4, -0.2) is 76.8 Å². The molecular formula is C82H78N8O7. The van der Waals surface area contributed by atoms with Gasteiger partial charge in [-0.15, -0.1) is 0 Å². The summed E-state index contributed by atoms with van der Waals surface area (Å²) in [6.45, 7) is 9.93. The molecule has 0 fully saturated rings. The number of rotatable bonds is 18. The van der Waals surface area contributed by atoms with E-state index in [9.17, 15) is 19.8 Å². The SMILES string of the molecule is CCCc1nc2c(C)cc(-c3nc(-c4ccccc4)c(-c4ccccc4)n3C)cc2n1Cc1ccc(-c2ccccc2C(=O)O)cc1.CCCc1nc2c(C)cc(-c3nc(-c4ccccc4)c(-c4ccccc4)n3C)cc2n1Cc1ccc(-c2ccccc2C(=O)O)cc1.O.O.O. The van der Waals surface area contributed by atoms with Crippen LogP contribution in [0.3, 0.4) is 0 Å². The maximum Gasteiger partial charge on any atom is 0.336 e. The fourth-order valence-corrected chi connectivity index (χ4v) is 13.1. The molecule has 0 unspecified atom stereocenters. The number of carbonyl (C=O) groups is 2. The summed E-state index contributed by atoms with van der Waals surface area (Å²) in [6.07, 6.45) is 3.71. The number of benzene rings is 10. The van der Waals surface area contributed by atoms with Crippen molar-refractivity contribution in [2.45, 2.75) is 66.5 Å². The van der Waals surface area contributed by atoms with Crippen molar-refractivity contribution in [3.8, 4) is 90.1 Å². The Morgan fingerprint density at radius 3 is 1.02 bits per heavy atom. The molecule has 15 nitrogen and oxygen atoms in total. The van der Waals surface area contributed by atoms with E-state index >= 15 is 0 Å². The highest BCUT2D eigenvalue weighted by Gasteiger charge is 2.25. The van der Waals surface area contributed by atoms with Crippen LogP contribution >= 0.6 is 0 Å². The molecular weight excluding hydrogens is 1210 g/mol. The Morgan fingerprint density at radius 1 is 0.371 bits per heavy atom. The first kappa shape index (κ1) is 68.2. The summed E-state index contributed by atoms with van der Waals surface area (Å²) < 4.78 is 9.07. The molecule has 8 N–H and O–H groups in total. The highest BCUT2D eigenvalue weighted by Crippen LogP contribution is 2.40. The maximum atomic E-state index is 11.8. The van der Waals surface area contributed by atoms with Crippen molar-refractivity contribution in [2.75, 3.05) is 0 Å². The number of imidazole rings is 4. The molecule has 0 atom stereocenters. The van der Waals surface area contributed by atoms with Crippen LogP contribution in [0.15, 0.2) is 243 Å². The Hall–Kier alpha value is -11.6. The number of aromatic nitrogens is 8. The summed E-state index contributed by atoms with van der Waals surface area (Å²) in [7, 11) is 4.20. The molecule has 0 aliphatic rings. The molecule has 15 heteroatoms. The van der Waals surface area contributed by atoms with Crippen LogP contribution in [-0.2, 0) is 40.0 Å². The minimum atomic E-state index is -0.926. The quantitative estimate of drug-likeness (QED) is 0.0835. The van der Waals surface area contributed by atoms with Crippen molar-refractivity contribution in [2.24, 2.45) is 14.1 Å². The van der Waals surface area contributed by atoms with Gasteiger partial charge in [0.25, 0.3) is 0 Å². The molecule has 0 bridgehead atoms. The number of hydrogen-bond acceptors (Lipinski definition) is 6. The minimum absolute atomic E-state index is 0. The molecule has 97 heavy (non-hydrogen) atoms. The fraction of sp³-hybridized carbons (Fsp3) is 0.146. The van der Waals surface area contributed by atoms with Gasteiger partial charge in [-0.1, -0.05) is 220 Å². The second-order valence-electron chi connectivity index (χ2n) is 24.0. The van der Waals surface area contributed by atoms with E-state index in [1.54, 1.807) is 24.3 Å². The average molecular weight is 1290 g/mol. The largest absolute Gasteiger partial charge is 0.478 e. The van der Waals surface area contributed by atoms with E-state index < -0.39 is 11.9 Å². The number of aryl methyl sites for hydroxylation is 4. The summed E-state index contributed by atoms with van der Waals surface area (Å²) in [5.74, 6) is 2.06. The lowest BCUT2D eigenvalue weighted by Gasteiger charge is -2.12. The molecule has 0 saturated carbocycles. The van der Waals surface area contributed by atoms with E-state index in [0.29, 0.717) is 35.3 Å². The second kappa shape index (κ2) is 29.8. The summed E-state index contributed by atoms with van der Waals surface area (Å²) >= 11 is 0. The van der Waals surface area contributed by atoms with E-state index in [4.69, 9.17) is 19.9 Å². The highest BCUT2D eigenvalue weighted by atomic mass is 16.4. The predicted octanol–water partition coefficient (Wildman–Crippen LogP) is 16.4. The second-order valence-corrected chi connectivity index (χ2v) is 24.0. The number of carboxylic acids is 2. The van der Waals surface area contributed by atoms with Gasteiger partial charge < -0.3 is 44.9 Å². The number of carboxylic acid groups (broad SMARTS) is 2. The molecule has 4 heterocycles. The predicted molar refractivity (Wildman–Crippen MR) is 390 cm³/mol. The van der Waals surface area contributed by atoms with Crippen LogP contribution in [0.5, 0.6) is 0 Å². The zero-order valence-corrected chi connectivity index (χ0v) is 55.1. The summed E-state index contributed by atoms with van der Waals surface area (Å²) in [6, 6.07) is 81.2. The lowest BCUT2D eigenvalue weighted by molar-refractivity contribution is 0.0687. The molecule has 0 saturated heterocycles. The Morgan fingerprint density at radius 2 is 0.691 bits per heavy atom. The van der Waals surface area contributed by atoms with Gasteiger partial charge in [0.05, 0.1) is 56.0 Å². The van der Waals surface area contributed by atoms with Crippen LogP contribution < -0.4 is 0 Å². The van der Waals surface area contributed by atoms with Crippen LogP contribution in [0.2, 0.25) is 0 Å². The van der Waals surface area contributed by atoms with Crippen molar-refractivity contribution in [1.29, 1.82) is 0 Å². The van der Waals surface area contributed by atoms with Crippen molar-refractivity contribution in [3.05, 3.63) is 288 Å². The summed E-state index contributed by atoms with van der Waals surface area (Å²) in [4.78, 5) is 44.5. The third kappa shape index (κ3) is 13.7. The molecule has 0 aliphatic carbocycles. The minimum Gasteiger partial charge on any atom is -0.478 e. The van der Waals surface area contributed by atoms with E-state index in [-0.39, 0.29) is 16.4 Å². The van der Waals surface area contributed by atoms with Crippen LogP contribution in [0, 0.1) is 13.8 Å². The van der Waals surface area contributed by atoms with Gasteiger partial charge in [-0.25, -0.2) is 29.5 Å². The van der Waals surface area contributed by atoms with Crippen molar-refractivity contribution in [1.82, 2.24) is 38.2 Å². The van der Waals surface area contributed by atoms with Gasteiger partial charge in [-0.2, -0.15) is 0 Å². The van der Waals surface area contributed by atoms with Gasteiger partial charge in [-0.05, 0) is 108 Å². The fourth-order valence-electron chi connectivity index (χ4n) is 13.1. The summed E-state index contributed by atoms with van der Waals surface area (Å²) in [5, 5.41) is 19.4. The standard InChI is InChI=1S/2C41H36N4O2.3H2O/c2*1-4-13-36-42-37-27(2)24-32(40-43-38(30-14-7-5-8-15-30)39(44(40)3)31-16-9-6-10-17-31)25-35(37)45(36)26-28-20-22-29(23-21-28)33-18-11-12-19-34(33)41(46)47;;;/h2*5-12,14-25H,4,13,26H2,1-3H3,(H,46,47);3*1H2.